The molecular formula is C12H16N2O3S. The number of methoxy groups -OCH3 is 1. The second-order valence-corrected chi connectivity index (χ2v) is 3.94. The number of para-hydroxylation sites is 1. The summed E-state index contributed by atoms with van der Waals surface area (Å²) in [4.78, 5) is 11.8. The lowest BCUT2D eigenvalue weighted by Gasteiger charge is -2.10. The minimum absolute atomic E-state index is 0.0327. The summed E-state index contributed by atoms with van der Waals surface area (Å²) in [5.74, 6) is -0.255. The number of nitrogens with one attached hydrogen (secondary N) is 1. The summed E-state index contributed by atoms with van der Waals surface area (Å²) >= 11 is 4.90. The van der Waals surface area contributed by atoms with Gasteiger partial charge >= 0.3 is 0 Å². The smallest absolute Gasteiger partial charge is 0.250 e. The molecule has 1 aromatic rings. The zero-order chi connectivity index (χ0) is 13.4. The maximum atomic E-state index is 11.6. The van der Waals surface area contributed by atoms with Crippen molar-refractivity contribution < 1.29 is 14.3 Å². The van der Waals surface area contributed by atoms with Gasteiger partial charge in [0.25, 0.3) is 0 Å². The number of anilines is 1. The molecule has 1 rings (SSSR count). The largest absolute Gasteiger partial charge is 0.389 e. The van der Waals surface area contributed by atoms with E-state index >= 15 is 0 Å². The van der Waals surface area contributed by atoms with Crippen LogP contribution in [0.4, 0.5) is 5.69 Å². The van der Waals surface area contributed by atoms with Crippen LogP contribution < -0.4 is 11.1 Å². The number of thiocarbonyl (C=S) groups is 1. The molecule has 0 aromatic heterocycles. The fourth-order valence-corrected chi connectivity index (χ4v) is 1.48. The van der Waals surface area contributed by atoms with E-state index in [0.29, 0.717) is 24.5 Å². The molecule has 1 aromatic carbocycles. The number of carbonyl (C=O) groups excluding carboxylic acids is 1. The lowest BCUT2D eigenvalue weighted by Crippen LogP contribution is -2.22. The first-order chi connectivity index (χ1) is 8.65. The minimum Gasteiger partial charge on any atom is -0.389 e. The van der Waals surface area contributed by atoms with E-state index in [1.54, 1.807) is 31.4 Å². The Morgan fingerprint density at radius 3 is 2.78 bits per heavy atom. The molecule has 98 valence electrons. The molecule has 6 heteroatoms. The summed E-state index contributed by atoms with van der Waals surface area (Å²) in [5, 5.41) is 2.70. The van der Waals surface area contributed by atoms with E-state index in [1.807, 2.05) is 0 Å². The van der Waals surface area contributed by atoms with Crippen molar-refractivity contribution in [3.05, 3.63) is 29.8 Å². The normalized spacial score (nSPS) is 10.1. The van der Waals surface area contributed by atoms with E-state index in [4.69, 9.17) is 27.4 Å². The summed E-state index contributed by atoms with van der Waals surface area (Å²) in [5.41, 5.74) is 6.79. The standard InChI is InChI=1S/C12H16N2O3S/c1-16-6-7-17-8-11(15)14-10-5-3-2-4-9(10)12(13)18/h2-5H,6-8H2,1H3,(H2,13,18)(H,14,15). The van der Waals surface area contributed by atoms with Crippen molar-refractivity contribution in [3.8, 4) is 0 Å². The van der Waals surface area contributed by atoms with Gasteiger partial charge in [-0.1, -0.05) is 24.4 Å². The quantitative estimate of drug-likeness (QED) is 0.568. The van der Waals surface area contributed by atoms with Gasteiger partial charge in [-0.25, -0.2) is 0 Å². The number of carbonyl (C=O) groups is 1. The Morgan fingerprint density at radius 1 is 1.39 bits per heavy atom. The van der Waals surface area contributed by atoms with Crippen LogP contribution in [0.25, 0.3) is 0 Å². The molecule has 5 nitrogen and oxygen atoms in total. The average Bonchev–Trinajstić information content (AvgIpc) is 2.35. The van der Waals surface area contributed by atoms with Crippen molar-refractivity contribution in [2.75, 3.05) is 32.2 Å². The molecule has 0 aliphatic carbocycles. The molecule has 3 N–H and O–H groups in total. The number of hydrogen-bond acceptors (Lipinski definition) is 4. The first-order valence-electron chi connectivity index (χ1n) is 5.40. The Hall–Kier alpha value is -1.50. The molecule has 0 heterocycles. The summed E-state index contributed by atoms with van der Waals surface area (Å²) in [7, 11) is 1.57. The molecule has 0 saturated heterocycles. The number of hydrogen-bond donors (Lipinski definition) is 2. The van der Waals surface area contributed by atoms with Crippen LogP contribution in [-0.4, -0.2) is 37.8 Å². The molecular weight excluding hydrogens is 252 g/mol. The highest BCUT2D eigenvalue weighted by molar-refractivity contribution is 7.80. The Morgan fingerprint density at radius 2 is 2.11 bits per heavy atom. The van der Waals surface area contributed by atoms with E-state index in [9.17, 15) is 4.79 Å². The molecule has 0 bridgehead atoms. The van der Waals surface area contributed by atoms with Gasteiger partial charge in [0.05, 0.1) is 18.9 Å². The van der Waals surface area contributed by atoms with Crippen molar-refractivity contribution in [3.63, 3.8) is 0 Å². The first-order valence-corrected chi connectivity index (χ1v) is 5.81. The summed E-state index contributed by atoms with van der Waals surface area (Å²) in [6.45, 7) is 0.798. The lowest BCUT2D eigenvalue weighted by atomic mass is 10.2. The van der Waals surface area contributed by atoms with Gasteiger partial charge < -0.3 is 20.5 Å². The second kappa shape index (κ2) is 7.75. The summed E-state index contributed by atoms with van der Waals surface area (Å²) in [6.07, 6.45) is 0. The van der Waals surface area contributed by atoms with E-state index in [-0.39, 0.29) is 17.5 Å². The molecule has 0 saturated carbocycles. The van der Waals surface area contributed by atoms with E-state index in [0.717, 1.165) is 0 Å². The van der Waals surface area contributed by atoms with Crippen molar-refractivity contribution in [1.82, 2.24) is 0 Å². The average molecular weight is 268 g/mol. The SMILES string of the molecule is COCCOCC(=O)Nc1ccccc1C(N)=S. The van der Waals surface area contributed by atoms with Crippen LogP contribution in [0.2, 0.25) is 0 Å². The van der Waals surface area contributed by atoms with Crippen molar-refractivity contribution in [2.45, 2.75) is 0 Å². The van der Waals surface area contributed by atoms with E-state index < -0.39 is 0 Å². The highest BCUT2D eigenvalue weighted by atomic mass is 32.1. The van der Waals surface area contributed by atoms with Gasteiger partial charge in [0.1, 0.15) is 11.6 Å². The summed E-state index contributed by atoms with van der Waals surface area (Å²) in [6, 6.07) is 7.09. The van der Waals surface area contributed by atoms with Crippen LogP contribution in [0.3, 0.4) is 0 Å². The predicted molar refractivity (Wildman–Crippen MR) is 73.7 cm³/mol. The van der Waals surface area contributed by atoms with Crippen molar-refractivity contribution in [1.29, 1.82) is 0 Å². The molecule has 0 aliphatic heterocycles. The fourth-order valence-electron chi connectivity index (χ4n) is 1.30. The number of amides is 1. The molecule has 0 radical (unpaired) electrons. The van der Waals surface area contributed by atoms with Crippen molar-refractivity contribution in [2.24, 2.45) is 5.73 Å². The maximum Gasteiger partial charge on any atom is 0.250 e. The maximum absolute atomic E-state index is 11.6. The number of rotatable bonds is 7. The molecule has 1 amide bonds. The predicted octanol–water partition coefficient (Wildman–Crippen LogP) is 0.922. The Balaban J connectivity index is 2.51. The van der Waals surface area contributed by atoms with Gasteiger partial charge in [-0.3, -0.25) is 4.79 Å². The topological polar surface area (TPSA) is 73.6 Å². The highest BCUT2D eigenvalue weighted by Crippen LogP contribution is 2.14. The number of ether oxygens (including phenoxy) is 2. The molecule has 0 atom stereocenters. The van der Waals surface area contributed by atoms with Gasteiger partial charge in [-0.2, -0.15) is 0 Å². The van der Waals surface area contributed by atoms with Crippen LogP contribution in [-0.2, 0) is 14.3 Å². The fraction of sp³-hybridized carbons (Fsp3) is 0.333. The minimum atomic E-state index is -0.255. The third-order valence-electron chi connectivity index (χ3n) is 2.13. The molecule has 0 unspecified atom stereocenters. The van der Waals surface area contributed by atoms with E-state index in [2.05, 4.69) is 5.32 Å². The zero-order valence-corrected chi connectivity index (χ0v) is 11.0. The van der Waals surface area contributed by atoms with Gasteiger partial charge in [0.2, 0.25) is 5.91 Å². The third kappa shape index (κ3) is 4.79. The van der Waals surface area contributed by atoms with Crippen LogP contribution in [0, 0.1) is 0 Å². The molecule has 18 heavy (non-hydrogen) atoms. The molecule has 0 aliphatic rings. The van der Waals surface area contributed by atoms with Gasteiger partial charge in [0, 0.05) is 12.7 Å². The van der Waals surface area contributed by atoms with Crippen molar-refractivity contribution >= 4 is 28.8 Å². The monoisotopic (exact) mass is 268 g/mol. The Labute approximate surface area is 111 Å². The number of nitrogens with two attached hydrogens (primary N) is 1. The van der Waals surface area contributed by atoms with Crippen LogP contribution >= 0.6 is 12.2 Å². The van der Waals surface area contributed by atoms with Crippen LogP contribution in [0.5, 0.6) is 0 Å². The Bertz CT molecular complexity index is 424. The molecule has 0 fully saturated rings. The number of benzene rings is 1. The van der Waals surface area contributed by atoms with Gasteiger partial charge in [0.15, 0.2) is 0 Å². The van der Waals surface area contributed by atoms with Gasteiger partial charge in [-0.05, 0) is 12.1 Å². The van der Waals surface area contributed by atoms with Crippen LogP contribution in [0.1, 0.15) is 5.56 Å². The third-order valence-corrected chi connectivity index (χ3v) is 2.35. The highest BCUT2D eigenvalue weighted by Gasteiger charge is 2.08. The lowest BCUT2D eigenvalue weighted by molar-refractivity contribution is -0.121. The van der Waals surface area contributed by atoms with Crippen LogP contribution in [0.15, 0.2) is 24.3 Å². The molecule has 0 spiro atoms. The Kier molecular flexibility index (Phi) is 6.27. The second-order valence-electron chi connectivity index (χ2n) is 3.50. The first kappa shape index (κ1) is 14.6. The zero-order valence-electron chi connectivity index (χ0n) is 10.1. The van der Waals surface area contributed by atoms with E-state index in [1.165, 1.54) is 0 Å². The van der Waals surface area contributed by atoms with Gasteiger partial charge in [-0.15, -0.1) is 0 Å². The summed E-state index contributed by atoms with van der Waals surface area (Å²) < 4.78 is 9.91.